The fourth-order valence-electron chi connectivity index (χ4n) is 3.06. The van der Waals surface area contributed by atoms with Gasteiger partial charge in [0.15, 0.2) is 5.52 Å². The number of H-pyrrole nitrogens is 1. The Balaban J connectivity index is 1.96. The van der Waals surface area contributed by atoms with Gasteiger partial charge in [0.05, 0.1) is 18.7 Å². The third-order valence-corrected chi connectivity index (χ3v) is 4.65. The van der Waals surface area contributed by atoms with E-state index in [-0.39, 0.29) is 11.1 Å². The number of aromatic amines is 1. The fraction of sp³-hybridized carbons (Fsp3) is 0.381. The van der Waals surface area contributed by atoms with Crippen molar-refractivity contribution in [1.29, 1.82) is 0 Å². The smallest absolute Gasteiger partial charge is 0.380 e. The zero-order valence-electron chi connectivity index (χ0n) is 16.8. The van der Waals surface area contributed by atoms with E-state index >= 15 is 0 Å². The molecule has 0 aliphatic carbocycles. The summed E-state index contributed by atoms with van der Waals surface area (Å²) in [7, 11) is 0. The molecule has 0 bridgehead atoms. The topological polar surface area (TPSA) is 72.8 Å². The van der Waals surface area contributed by atoms with Crippen molar-refractivity contribution in [2.75, 3.05) is 13.2 Å². The van der Waals surface area contributed by atoms with Crippen molar-refractivity contribution >= 4 is 16.6 Å². The van der Waals surface area contributed by atoms with Crippen molar-refractivity contribution in [2.24, 2.45) is 0 Å². The van der Waals surface area contributed by atoms with E-state index in [1.54, 1.807) is 6.92 Å². The normalized spacial score (nSPS) is 11.9. The van der Waals surface area contributed by atoms with Crippen LogP contribution >= 0.6 is 0 Å². The van der Waals surface area contributed by atoms with Crippen molar-refractivity contribution in [3.63, 3.8) is 0 Å². The van der Waals surface area contributed by atoms with Gasteiger partial charge in [-0.3, -0.25) is 9.48 Å². The van der Waals surface area contributed by atoms with Gasteiger partial charge >= 0.3 is 6.18 Å². The molecule has 9 heteroatoms. The minimum absolute atomic E-state index is 0.280. The average Bonchev–Trinajstić information content (AvgIpc) is 3.05. The van der Waals surface area contributed by atoms with E-state index in [1.807, 2.05) is 0 Å². The van der Waals surface area contributed by atoms with Crippen LogP contribution in [0.5, 0.6) is 0 Å². The zero-order chi connectivity index (χ0) is 21.9. The van der Waals surface area contributed by atoms with Gasteiger partial charge in [-0.05, 0) is 31.0 Å². The lowest BCUT2D eigenvalue weighted by Gasteiger charge is -2.08. The van der Waals surface area contributed by atoms with E-state index in [1.165, 1.54) is 16.8 Å². The molecular weight excluding hydrogens is 397 g/mol. The average molecular weight is 420 g/mol. The molecule has 6 nitrogen and oxygen atoms in total. The fourth-order valence-corrected chi connectivity index (χ4v) is 3.06. The SMILES string of the molecule is C=C(c1ccc(C(F)(F)F)cc1)c1nn(CCOCCCC)c2c(=O)[nH]c(C)nc12. The Bertz CT molecular complexity index is 1100. The molecule has 1 N–H and O–H groups in total. The first-order chi connectivity index (χ1) is 14.2. The number of aromatic nitrogens is 4. The number of benzene rings is 1. The van der Waals surface area contributed by atoms with Gasteiger partial charge in [-0.2, -0.15) is 18.3 Å². The van der Waals surface area contributed by atoms with E-state index in [4.69, 9.17) is 4.74 Å². The molecule has 2 heterocycles. The van der Waals surface area contributed by atoms with Crippen LogP contribution in [0.15, 0.2) is 35.6 Å². The van der Waals surface area contributed by atoms with Crippen molar-refractivity contribution < 1.29 is 17.9 Å². The number of unbranched alkanes of at least 4 members (excludes halogenated alkanes) is 1. The van der Waals surface area contributed by atoms with Gasteiger partial charge in [0.25, 0.3) is 5.56 Å². The molecule has 0 unspecified atom stereocenters. The van der Waals surface area contributed by atoms with Crippen LogP contribution in [0.25, 0.3) is 16.6 Å². The third-order valence-electron chi connectivity index (χ3n) is 4.65. The van der Waals surface area contributed by atoms with Gasteiger partial charge in [0.2, 0.25) is 0 Å². The lowest BCUT2D eigenvalue weighted by Crippen LogP contribution is -2.16. The Hall–Kier alpha value is -2.94. The minimum Gasteiger partial charge on any atom is -0.380 e. The molecule has 1 aromatic carbocycles. The minimum atomic E-state index is -4.42. The highest BCUT2D eigenvalue weighted by Crippen LogP contribution is 2.31. The molecule has 3 aromatic rings. The molecule has 0 aliphatic rings. The molecular formula is C21H23F3N4O2. The summed E-state index contributed by atoms with van der Waals surface area (Å²) in [5, 5.41) is 4.49. The number of alkyl halides is 3. The highest BCUT2D eigenvalue weighted by atomic mass is 19.4. The van der Waals surface area contributed by atoms with Crippen LogP contribution in [0.1, 0.15) is 42.4 Å². The second-order valence-electron chi connectivity index (χ2n) is 6.94. The molecule has 0 spiro atoms. The van der Waals surface area contributed by atoms with Crippen molar-refractivity contribution in [2.45, 2.75) is 39.4 Å². The number of nitrogens with zero attached hydrogens (tertiary/aromatic N) is 3. The molecule has 0 saturated carbocycles. The van der Waals surface area contributed by atoms with Crippen LogP contribution in [0.4, 0.5) is 13.2 Å². The molecule has 0 radical (unpaired) electrons. The second kappa shape index (κ2) is 8.83. The summed E-state index contributed by atoms with van der Waals surface area (Å²) in [5.41, 5.74) is 0.754. The maximum atomic E-state index is 12.8. The molecule has 0 aliphatic heterocycles. The van der Waals surface area contributed by atoms with Gasteiger partial charge in [-0.15, -0.1) is 0 Å². The first-order valence-electron chi connectivity index (χ1n) is 9.64. The Morgan fingerprint density at radius 1 is 1.23 bits per heavy atom. The number of rotatable bonds is 8. The van der Waals surface area contributed by atoms with Crippen LogP contribution in [0, 0.1) is 6.92 Å². The zero-order valence-corrected chi connectivity index (χ0v) is 16.8. The van der Waals surface area contributed by atoms with Gasteiger partial charge in [0.1, 0.15) is 17.0 Å². The van der Waals surface area contributed by atoms with Crippen LogP contribution in [0.2, 0.25) is 0 Å². The quantitative estimate of drug-likeness (QED) is 0.551. The predicted octanol–water partition coefficient (Wildman–Crippen LogP) is 4.33. The molecule has 0 fully saturated rings. The standard InChI is InChI=1S/C21H23F3N4O2/c1-4-5-11-30-12-10-28-19-18(25-14(3)26-20(19)29)17(27-28)13(2)15-6-8-16(9-7-15)21(22,23)24/h6-9H,2,4-5,10-12H2,1,3H3,(H,25,26,29). The second-order valence-corrected chi connectivity index (χ2v) is 6.94. The number of hydrogen-bond acceptors (Lipinski definition) is 4. The number of halogens is 3. The summed E-state index contributed by atoms with van der Waals surface area (Å²) >= 11 is 0. The Morgan fingerprint density at radius 2 is 1.93 bits per heavy atom. The lowest BCUT2D eigenvalue weighted by atomic mass is 10.0. The first-order valence-corrected chi connectivity index (χ1v) is 9.64. The van der Waals surface area contributed by atoms with Gasteiger partial charge in [-0.25, -0.2) is 4.98 Å². The molecule has 30 heavy (non-hydrogen) atoms. The van der Waals surface area contributed by atoms with Crippen molar-refractivity contribution in [1.82, 2.24) is 19.7 Å². The lowest BCUT2D eigenvalue weighted by molar-refractivity contribution is -0.137. The molecule has 0 saturated heterocycles. The molecule has 2 aromatic heterocycles. The molecule has 3 rings (SSSR count). The number of fused-ring (bicyclic) bond motifs is 1. The Labute approximate surface area is 171 Å². The van der Waals surface area contributed by atoms with Crippen LogP contribution in [-0.2, 0) is 17.5 Å². The number of nitrogens with one attached hydrogen (secondary N) is 1. The van der Waals surface area contributed by atoms with E-state index in [0.717, 1.165) is 25.0 Å². The Morgan fingerprint density at radius 3 is 2.57 bits per heavy atom. The number of hydrogen-bond donors (Lipinski definition) is 1. The van der Waals surface area contributed by atoms with Crippen molar-refractivity contribution in [3.8, 4) is 0 Å². The van der Waals surface area contributed by atoms with E-state index < -0.39 is 11.7 Å². The molecule has 0 atom stereocenters. The summed E-state index contributed by atoms with van der Waals surface area (Å²) in [4.78, 5) is 19.6. The number of ether oxygens (including phenoxy) is 1. The first kappa shape index (κ1) is 21.8. The van der Waals surface area contributed by atoms with Gasteiger partial charge in [0, 0.05) is 12.2 Å². The highest BCUT2D eigenvalue weighted by Gasteiger charge is 2.30. The monoisotopic (exact) mass is 420 g/mol. The maximum absolute atomic E-state index is 12.8. The van der Waals surface area contributed by atoms with Crippen molar-refractivity contribution in [3.05, 3.63) is 63.8 Å². The summed E-state index contributed by atoms with van der Waals surface area (Å²) < 4.78 is 45.6. The predicted molar refractivity (Wildman–Crippen MR) is 108 cm³/mol. The van der Waals surface area contributed by atoms with Gasteiger partial charge < -0.3 is 9.72 Å². The third kappa shape index (κ3) is 4.62. The summed E-state index contributed by atoms with van der Waals surface area (Å²) in [6, 6.07) is 4.66. The number of aryl methyl sites for hydroxylation is 1. The summed E-state index contributed by atoms with van der Waals surface area (Å²) in [6.07, 6.45) is -2.46. The van der Waals surface area contributed by atoms with Gasteiger partial charge in [-0.1, -0.05) is 32.1 Å². The van der Waals surface area contributed by atoms with Crippen LogP contribution in [-0.4, -0.2) is 33.0 Å². The maximum Gasteiger partial charge on any atom is 0.416 e. The summed E-state index contributed by atoms with van der Waals surface area (Å²) in [6.45, 7) is 9.04. The van der Waals surface area contributed by atoms with E-state index in [0.29, 0.717) is 47.9 Å². The molecule has 160 valence electrons. The van der Waals surface area contributed by atoms with Crippen LogP contribution < -0.4 is 5.56 Å². The molecule has 0 amide bonds. The Kier molecular flexibility index (Phi) is 6.40. The van der Waals surface area contributed by atoms with E-state index in [2.05, 4.69) is 28.6 Å². The summed E-state index contributed by atoms with van der Waals surface area (Å²) in [5.74, 6) is 0.410. The van der Waals surface area contributed by atoms with E-state index in [9.17, 15) is 18.0 Å². The highest BCUT2D eigenvalue weighted by molar-refractivity contribution is 5.91. The van der Waals surface area contributed by atoms with Crippen LogP contribution in [0.3, 0.4) is 0 Å². The largest absolute Gasteiger partial charge is 0.416 e.